The van der Waals surface area contributed by atoms with Crippen molar-refractivity contribution < 1.29 is 13.7 Å². The van der Waals surface area contributed by atoms with E-state index >= 15 is 0 Å². The van der Waals surface area contributed by atoms with Crippen LogP contribution in [0, 0.1) is 0 Å². The molecule has 0 bridgehead atoms. The van der Waals surface area contributed by atoms with Crippen LogP contribution in [0.5, 0.6) is 0 Å². The molecule has 0 aliphatic heterocycles. The van der Waals surface area contributed by atoms with E-state index in [1.54, 1.807) is 6.92 Å². The molecule has 72 valence electrons. The summed E-state index contributed by atoms with van der Waals surface area (Å²) in [4.78, 5) is 10.8. The zero-order valence-electron chi connectivity index (χ0n) is 7.70. The minimum Gasteiger partial charge on any atom is -0.448 e. The van der Waals surface area contributed by atoms with E-state index < -0.39 is 15.8 Å². The molecule has 12 heavy (non-hydrogen) atoms. The van der Waals surface area contributed by atoms with Gasteiger partial charge in [-0.15, -0.1) is 4.36 Å². The van der Waals surface area contributed by atoms with Gasteiger partial charge in [0.25, 0.3) is 0 Å². The SMILES string of the molecule is CCCOC(=O)N=S(C)(=O)CC. The highest BCUT2D eigenvalue weighted by Crippen LogP contribution is 1.94. The highest BCUT2D eigenvalue weighted by atomic mass is 32.2. The Morgan fingerprint density at radius 3 is 2.50 bits per heavy atom. The second-order valence-electron chi connectivity index (χ2n) is 2.45. The summed E-state index contributed by atoms with van der Waals surface area (Å²) in [5.74, 6) is 0.369. The molecule has 5 heteroatoms. The number of carbonyl (C=O) groups is 1. The Labute approximate surface area is 73.5 Å². The molecule has 0 rings (SSSR count). The van der Waals surface area contributed by atoms with Crippen LogP contribution in [0.3, 0.4) is 0 Å². The van der Waals surface area contributed by atoms with Crippen molar-refractivity contribution in [1.82, 2.24) is 0 Å². The fourth-order valence-corrected chi connectivity index (χ4v) is 0.935. The Morgan fingerprint density at radius 2 is 2.08 bits per heavy atom. The maximum atomic E-state index is 11.3. The van der Waals surface area contributed by atoms with Crippen molar-refractivity contribution in [2.24, 2.45) is 4.36 Å². The Hall–Kier alpha value is -0.580. The molecule has 0 radical (unpaired) electrons. The van der Waals surface area contributed by atoms with Crippen LogP contribution >= 0.6 is 0 Å². The molecule has 0 aliphatic rings. The van der Waals surface area contributed by atoms with Crippen molar-refractivity contribution in [3.05, 3.63) is 0 Å². The van der Waals surface area contributed by atoms with Crippen molar-refractivity contribution in [1.29, 1.82) is 0 Å². The van der Waals surface area contributed by atoms with Gasteiger partial charge in [-0.2, -0.15) is 0 Å². The van der Waals surface area contributed by atoms with Crippen molar-refractivity contribution >= 4 is 15.8 Å². The van der Waals surface area contributed by atoms with Gasteiger partial charge in [0, 0.05) is 12.0 Å². The monoisotopic (exact) mass is 193 g/mol. The van der Waals surface area contributed by atoms with Crippen LogP contribution < -0.4 is 0 Å². The molecule has 0 fully saturated rings. The number of hydrogen-bond acceptors (Lipinski definition) is 3. The van der Waals surface area contributed by atoms with Crippen molar-refractivity contribution in [2.75, 3.05) is 18.6 Å². The van der Waals surface area contributed by atoms with E-state index in [0.717, 1.165) is 6.42 Å². The van der Waals surface area contributed by atoms with Gasteiger partial charge in [0.15, 0.2) is 0 Å². The summed E-state index contributed by atoms with van der Waals surface area (Å²) in [6.07, 6.45) is 1.48. The first kappa shape index (κ1) is 11.4. The lowest BCUT2D eigenvalue weighted by Crippen LogP contribution is -2.06. The van der Waals surface area contributed by atoms with E-state index in [9.17, 15) is 9.00 Å². The van der Waals surface area contributed by atoms with Crippen LogP contribution in [0.1, 0.15) is 20.3 Å². The number of amides is 1. The van der Waals surface area contributed by atoms with Gasteiger partial charge in [0.05, 0.1) is 16.3 Å². The molecule has 0 spiro atoms. The predicted molar refractivity (Wildman–Crippen MR) is 48.7 cm³/mol. The quantitative estimate of drug-likeness (QED) is 0.684. The van der Waals surface area contributed by atoms with E-state index in [-0.39, 0.29) is 0 Å². The normalized spacial score (nSPS) is 14.9. The standard InChI is InChI=1S/C7H15NO3S/c1-4-6-11-7(9)8-12(3,10)5-2/h4-6H2,1-3H3. The third-order valence-electron chi connectivity index (χ3n) is 1.23. The molecule has 0 aromatic carbocycles. The molecule has 1 unspecified atom stereocenters. The van der Waals surface area contributed by atoms with Gasteiger partial charge in [-0.25, -0.2) is 9.00 Å². The lowest BCUT2D eigenvalue weighted by molar-refractivity contribution is 0.158. The van der Waals surface area contributed by atoms with Crippen LogP contribution in [-0.2, 0) is 14.5 Å². The van der Waals surface area contributed by atoms with Crippen LogP contribution in [0.25, 0.3) is 0 Å². The summed E-state index contributed by atoms with van der Waals surface area (Å²) in [6.45, 7) is 3.94. The zero-order valence-corrected chi connectivity index (χ0v) is 8.52. The largest absolute Gasteiger partial charge is 0.448 e. The molecule has 0 heterocycles. The lowest BCUT2D eigenvalue weighted by Gasteiger charge is -1.99. The maximum absolute atomic E-state index is 11.3. The summed E-state index contributed by atoms with van der Waals surface area (Å²) < 4.78 is 19.3. The number of nitrogens with zero attached hydrogens (tertiary/aromatic N) is 1. The average molecular weight is 193 g/mol. The average Bonchev–Trinajstić information content (AvgIpc) is 2.00. The van der Waals surface area contributed by atoms with Crippen LogP contribution in [0.4, 0.5) is 4.79 Å². The second kappa shape index (κ2) is 5.13. The summed E-state index contributed by atoms with van der Waals surface area (Å²) in [5, 5.41) is 0. The minimum absolute atomic E-state index is 0.335. The Bertz CT molecular complexity index is 253. The first-order valence-electron chi connectivity index (χ1n) is 3.88. The van der Waals surface area contributed by atoms with Crippen LogP contribution in [0.15, 0.2) is 4.36 Å². The molecule has 1 atom stereocenters. The highest BCUT2D eigenvalue weighted by molar-refractivity contribution is 7.93. The van der Waals surface area contributed by atoms with E-state index in [2.05, 4.69) is 9.10 Å². The summed E-state index contributed by atoms with van der Waals surface area (Å²) in [7, 11) is -2.35. The number of ether oxygens (including phenoxy) is 1. The van der Waals surface area contributed by atoms with Crippen molar-refractivity contribution in [3.8, 4) is 0 Å². The molecule has 0 N–H and O–H groups in total. The number of carbonyl (C=O) groups excluding carboxylic acids is 1. The van der Waals surface area contributed by atoms with Gasteiger partial charge in [0.2, 0.25) is 0 Å². The zero-order chi connectivity index (χ0) is 9.61. The number of rotatable bonds is 3. The molecule has 0 saturated carbocycles. The van der Waals surface area contributed by atoms with Crippen LogP contribution in [0.2, 0.25) is 0 Å². The maximum Gasteiger partial charge on any atom is 0.441 e. The van der Waals surface area contributed by atoms with Gasteiger partial charge in [-0.1, -0.05) is 13.8 Å². The Balaban J connectivity index is 4.15. The summed E-state index contributed by atoms with van der Waals surface area (Å²) >= 11 is 0. The minimum atomic E-state index is -2.35. The van der Waals surface area contributed by atoms with Gasteiger partial charge in [-0.05, 0) is 6.42 Å². The van der Waals surface area contributed by atoms with E-state index in [0.29, 0.717) is 12.4 Å². The summed E-state index contributed by atoms with van der Waals surface area (Å²) in [5.41, 5.74) is 0. The fourth-order valence-electron chi connectivity index (χ4n) is 0.438. The lowest BCUT2D eigenvalue weighted by atomic mass is 10.5. The van der Waals surface area contributed by atoms with E-state index in [4.69, 9.17) is 0 Å². The summed E-state index contributed by atoms with van der Waals surface area (Å²) in [6, 6.07) is 0. The second-order valence-corrected chi connectivity index (χ2v) is 5.13. The molecule has 0 aromatic rings. The molecule has 1 amide bonds. The smallest absolute Gasteiger partial charge is 0.441 e. The first-order valence-corrected chi connectivity index (χ1v) is 5.97. The Kier molecular flexibility index (Phi) is 4.89. The van der Waals surface area contributed by atoms with Gasteiger partial charge in [-0.3, -0.25) is 0 Å². The first-order chi connectivity index (χ1) is 5.52. The molecule has 0 saturated heterocycles. The topological polar surface area (TPSA) is 55.7 Å². The third-order valence-corrected chi connectivity index (χ3v) is 2.84. The highest BCUT2D eigenvalue weighted by Gasteiger charge is 2.03. The third kappa shape index (κ3) is 5.12. The predicted octanol–water partition coefficient (Wildman–Crippen LogP) is 1.65. The molecular formula is C7H15NO3S. The Morgan fingerprint density at radius 1 is 1.50 bits per heavy atom. The molecule has 0 aromatic heterocycles. The van der Waals surface area contributed by atoms with Gasteiger partial charge >= 0.3 is 6.09 Å². The molecule has 4 nitrogen and oxygen atoms in total. The van der Waals surface area contributed by atoms with Crippen molar-refractivity contribution in [3.63, 3.8) is 0 Å². The molecular weight excluding hydrogens is 178 g/mol. The fraction of sp³-hybridized carbons (Fsp3) is 0.857. The van der Waals surface area contributed by atoms with E-state index in [1.807, 2.05) is 6.92 Å². The van der Waals surface area contributed by atoms with Gasteiger partial charge < -0.3 is 4.74 Å². The van der Waals surface area contributed by atoms with Crippen LogP contribution in [-0.4, -0.2) is 28.9 Å². The van der Waals surface area contributed by atoms with Crippen molar-refractivity contribution in [2.45, 2.75) is 20.3 Å². The van der Waals surface area contributed by atoms with E-state index in [1.165, 1.54) is 6.26 Å². The van der Waals surface area contributed by atoms with Gasteiger partial charge in [0.1, 0.15) is 0 Å². The number of hydrogen-bond donors (Lipinski definition) is 0. The molecule has 0 aliphatic carbocycles.